The quantitative estimate of drug-likeness (QED) is 0.738. The highest BCUT2D eigenvalue weighted by atomic mass is 16.5. The number of aliphatic hydroxyl groups excluding tert-OH is 1. The van der Waals surface area contributed by atoms with Gasteiger partial charge in [-0.2, -0.15) is 0 Å². The summed E-state index contributed by atoms with van der Waals surface area (Å²) in [6, 6.07) is 8.56. The highest BCUT2D eigenvalue weighted by Gasteiger charge is 2.17. The van der Waals surface area contributed by atoms with Crippen LogP contribution in [0, 0.1) is 0 Å². The van der Waals surface area contributed by atoms with Crippen molar-refractivity contribution >= 4 is 11.6 Å². The third-order valence-corrected chi connectivity index (χ3v) is 3.97. The maximum atomic E-state index is 10.3. The lowest BCUT2D eigenvalue weighted by Crippen LogP contribution is -2.05. The highest BCUT2D eigenvalue weighted by Crippen LogP contribution is 2.41. The third-order valence-electron chi connectivity index (χ3n) is 3.97. The molecular weight excluding hydrogens is 336 g/mol. The number of rotatable bonds is 7. The van der Waals surface area contributed by atoms with Gasteiger partial charge in [-0.05, 0) is 54.0 Å². The van der Waals surface area contributed by atoms with Crippen LogP contribution in [0.25, 0.3) is 11.6 Å². The SMILES string of the molecule is COc1ccc(/C=C(\c2cc(OC)c(OC)c(OC)c2)C(C)O)cc1O. The van der Waals surface area contributed by atoms with Crippen LogP contribution in [-0.2, 0) is 0 Å². The molecule has 0 spiro atoms. The first-order valence-electron chi connectivity index (χ1n) is 8.02. The minimum Gasteiger partial charge on any atom is -0.504 e. The molecule has 6 heteroatoms. The number of benzene rings is 2. The van der Waals surface area contributed by atoms with Gasteiger partial charge in [0, 0.05) is 0 Å². The van der Waals surface area contributed by atoms with Crippen molar-refractivity contribution in [1.82, 2.24) is 0 Å². The van der Waals surface area contributed by atoms with Crippen molar-refractivity contribution in [2.45, 2.75) is 13.0 Å². The molecule has 1 atom stereocenters. The van der Waals surface area contributed by atoms with Gasteiger partial charge in [-0.1, -0.05) is 6.07 Å². The van der Waals surface area contributed by atoms with Crippen LogP contribution in [0.4, 0.5) is 0 Å². The number of aliphatic hydroxyl groups is 1. The van der Waals surface area contributed by atoms with Crippen LogP contribution < -0.4 is 18.9 Å². The summed E-state index contributed by atoms with van der Waals surface area (Å²) in [5.41, 5.74) is 2.06. The zero-order valence-electron chi connectivity index (χ0n) is 15.6. The summed E-state index contributed by atoms with van der Waals surface area (Å²) in [7, 11) is 6.09. The Morgan fingerprint density at radius 2 is 1.46 bits per heavy atom. The molecule has 0 aliphatic rings. The molecule has 0 radical (unpaired) electrons. The Balaban J connectivity index is 2.58. The fraction of sp³-hybridized carbons (Fsp3) is 0.300. The van der Waals surface area contributed by atoms with Crippen LogP contribution in [0.1, 0.15) is 18.1 Å². The number of phenolic OH excluding ortho intramolecular Hbond substituents is 1. The predicted octanol–water partition coefficient (Wildman–Crippen LogP) is 3.35. The van der Waals surface area contributed by atoms with Gasteiger partial charge in [0.1, 0.15) is 0 Å². The van der Waals surface area contributed by atoms with Gasteiger partial charge >= 0.3 is 0 Å². The number of hydrogen-bond acceptors (Lipinski definition) is 6. The van der Waals surface area contributed by atoms with E-state index in [0.29, 0.717) is 39.7 Å². The van der Waals surface area contributed by atoms with Gasteiger partial charge in [0.15, 0.2) is 23.0 Å². The van der Waals surface area contributed by atoms with Crippen LogP contribution in [0.2, 0.25) is 0 Å². The highest BCUT2D eigenvalue weighted by molar-refractivity contribution is 5.85. The Kier molecular flexibility index (Phi) is 6.36. The lowest BCUT2D eigenvalue weighted by atomic mass is 9.97. The molecule has 0 aliphatic heterocycles. The zero-order chi connectivity index (χ0) is 19.3. The number of aromatic hydroxyl groups is 1. The summed E-state index contributed by atoms with van der Waals surface area (Å²) in [6.45, 7) is 1.67. The molecular formula is C20H24O6. The van der Waals surface area contributed by atoms with Crippen LogP contribution in [0.15, 0.2) is 30.3 Å². The van der Waals surface area contributed by atoms with E-state index in [4.69, 9.17) is 18.9 Å². The number of methoxy groups -OCH3 is 4. The van der Waals surface area contributed by atoms with Gasteiger partial charge in [-0.3, -0.25) is 0 Å². The maximum Gasteiger partial charge on any atom is 0.203 e. The molecule has 0 amide bonds. The van der Waals surface area contributed by atoms with Crippen molar-refractivity contribution in [3.8, 4) is 28.7 Å². The van der Waals surface area contributed by atoms with Crippen molar-refractivity contribution in [2.24, 2.45) is 0 Å². The minimum atomic E-state index is -0.762. The smallest absolute Gasteiger partial charge is 0.203 e. The van der Waals surface area contributed by atoms with Gasteiger partial charge in [0.2, 0.25) is 5.75 Å². The summed E-state index contributed by atoms with van der Waals surface area (Å²) in [5.74, 6) is 1.87. The first-order valence-corrected chi connectivity index (χ1v) is 8.02. The molecule has 0 saturated carbocycles. The van der Waals surface area contributed by atoms with Gasteiger partial charge in [0.05, 0.1) is 34.5 Å². The second kappa shape index (κ2) is 8.49. The van der Waals surface area contributed by atoms with E-state index < -0.39 is 6.10 Å². The molecule has 6 nitrogen and oxygen atoms in total. The van der Waals surface area contributed by atoms with E-state index in [1.165, 1.54) is 28.4 Å². The molecule has 0 fully saturated rings. The molecule has 0 aromatic heterocycles. The summed E-state index contributed by atoms with van der Waals surface area (Å²) in [6.07, 6.45) is 1.02. The van der Waals surface area contributed by atoms with E-state index in [1.54, 1.807) is 43.3 Å². The van der Waals surface area contributed by atoms with Crippen LogP contribution in [0.5, 0.6) is 28.7 Å². The van der Waals surface area contributed by atoms with Crippen molar-refractivity contribution < 1.29 is 29.2 Å². The van der Waals surface area contributed by atoms with E-state index in [1.807, 2.05) is 0 Å². The molecule has 0 aliphatic carbocycles. The van der Waals surface area contributed by atoms with Crippen molar-refractivity contribution in [2.75, 3.05) is 28.4 Å². The van der Waals surface area contributed by atoms with E-state index >= 15 is 0 Å². The van der Waals surface area contributed by atoms with Crippen LogP contribution >= 0.6 is 0 Å². The molecule has 0 saturated heterocycles. The molecule has 0 bridgehead atoms. The Labute approximate surface area is 153 Å². The van der Waals surface area contributed by atoms with E-state index in [2.05, 4.69) is 0 Å². The van der Waals surface area contributed by atoms with E-state index in [9.17, 15) is 10.2 Å². The number of phenols is 1. The maximum absolute atomic E-state index is 10.3. The Morgan fingerprint density at radius 1 is 0.885 bits per heavy atom. The van der Waals surface area contributed by atoms with Gasteiger partial charge in [-0.15, -0.1) is 0 Å². The molecule has 1 unspecified atom stereocenters. The Hall–Kier alpha value is -2.86. The second-order valence-corrected chi connectivity index (χ2v) is 5.62. The van der Waals surface area contributed by atoms with Crippen molar-refractivity contribution in [3.63, 3.8) is 0 Å². The number of hydrogen-bond donors (Lipinski definition) is 2. The average molecular weight is 360 g/mol. The monoisotopic (exact) mass is 360 g/mol. The molecule has 140 valence electrons. The fourth-order valence-corrected chi connectivity index (χ4v) is 2.67. The van der Waals surface area contributed by atoms with E-state index in [-0.39, 0.29) is 5.75 Å². The fourth-order valence-electron chi connectivity index (χ4n) is 2.67. The van der Waals surface area contributed by atoms with Gasteiger partial charge in [0.25, 0.3) is 0 Å². The lowest BCUT2D eigenvalue weighted by Gasteiger charge is -2.17. The molecule has 2 aromatic carbocycles. The summed E-state index contributed by atoms with van der Waals surface area (Å²) in [5, 5.41) is 20.3. The summed E-state index contributed by atoms with van der Waals surface area (Å²) >= 11 is 0. The molecule has 2 aromatic rings. The van der Waals surface area contributed by atoms with Gasteiger partial charge in [-0.25, -0.2) is 0 Å². The number of ether oxygens (including phenoxy) is 4. The first kappa shape index (κ1) is 19.5. The second-order valence-electron chi connectivity index (χ2n) is 5.62. The first-order chi connectivity index (χ1) is 12.4. The largest absolute Gasteiger partial charge is 0.504 e. The van der Waals surface area contributed by atoms with E-state index in [0.717, 1.165) is 0 Å². The van der Waals surface area contributed by atoms with Gasteiger partial charge < -0.3 is 29.2 Å². The Morgan fingerprint density at radius 3 is 1.88 bits per heavy atom. The van der Waals surface area contributed by atoms with Crippen molar-refractivity contribution in [1.29, 1.82) is 0 Å². The topological polar surface area (TPSA) is 77.4 Å². The zero-order valence-corrected chi connectivity index (χ0v) is 15.6. The molecule has 0 heterocycles. The normalized spacial score (nSPS) is 12.5. The standard InChI is InChI=1S/C20H24O6/c1-12(21)15(8-13-6-7-17(23-2)16(22)9-13)14-10-18(24-3)20(26-5)19(11-14)25-4/h6-12,21-22H,1-5H3/b15-8-. The lowest BCUT2D eigenvalue weighted by molar-refractivity contribution is 0.254. The Bertz CT molecular complexity index is 770. The minimum absolute atomic E-state index is 0.0242. The molecule has 2 N–H and O–H groups in total. The van der Waals surface area contributed by atoms with Crippen molar-refractivity contribution in [3.05, 3.63) is 41.5 Å². The summed E-state index contributed by atoms with van der Waals surface area (Å²) in [4.78, 5) is 0. The summed E-state index contributed by atoms with van der Waals surface area (Å²) < 4.78 is 21.1. The van der Waals surface area contributed by atoms with Crippen LogP contribution in [0.3, 0.4) is 0 Å². The third kappa shape index (κ3) is 4.03. The molecule has 26 heavy (non-hydrogen) atoms. The average Bonchev–Trinajstić information content (AvgIpc) is 2.64. The molecule has 2 rings (SSSR count). The predicted molar refractivity (Wildman–Crippen MR) is 100 cm³/mol. The van der Waals surface area contributed by atoms with Crippen LogP contribution in [-0.4, -0.2) is 44.8 Å².